The summed E-state index contributed by atoms with van der Waals surface area (Å²) in [5.74, 6) is -0.607. The van der Waals surface area contributed by atoms with Crippen LogP contribution < -0.4 is 11.1 Å². The third-order valence-corrected chi connectivity index (χ3v) is 5.17. The van der Waals surface area contributed by atoms with Crippen LogP contribution in [-0.4, -0.2) is 28.4 Å². The molecular weight excluding hydrogens is 288 g/mol. The molecule has 0 bridgehead atoms. The van der Waals surface area contributed by atoms with Gasteiger partial charge in [-0.05, 0) is 24.7 Å². The Balaban J connectivity index is 2.10. The van der Waals surface area contributed by atoms with Crippen molar-refractivity contribution in [2.45, 2.75) is 36.5 Å². The van der Waals surface area contributed by atoms with Crippen molar-refractivity contribution >= 4 is 34.9 Å². The molecule has 0 aromatic heterocycles. The summed E-state index contributed by atoms with van der Waals surface area (Å²) >= 11 is 6.91. The van der Waals surface area contributed by atoms with Crippen molar-refractivity contribution < 1.29 is 4.79 Å². The maximum absolute atomic E-state index is 12.5. The van der Waals surface area contributed by atoms with Crippen molar-refractivity contribution in [1.82, 2.24) is 5.32 Å². The molecule has 1 saturated carbocycles. The van der Waals surface area contributed by atoms with E-state index in [0.717, 1.165) is 18.4 Å². The fourth-order valence-electron chi connectivity index (χ4n) is 2.73. The Morgan fingerprint density at radius 1 is 1.40 bits per heavy atom. The average molecular weight is 308 g/mol. The molecule has 1 fully saturated rings. The van der Waals surface area contributed by atoms with E-state index >= 15 is 0 Å². The Morgan fingerprint density at radius 3 is 2.70 bits per heavy atom. The molecule has 108 valence electrons. The summed E-state index contributed by atoms with van der Waals surface area (Å²) in [6, 6.07) is 9.73. The molecule has 3 nitrogen and oxygen atoms in total. The van der Waals surface area contributed by atoms with Crippen LogP contribution in [0.5, 0.6) is 0 Å². The second-order valence-corrected chi connectivity index (χ2v) is 6.61. The zero-order valence-corrected chi connectivity index (χ0v) is 13.2. The molecule has 0 radical (unpaired) electrons. The molecule has 1 aliphatic carbocycles. The molecule has 1 amide bonds. The van der Waals surface area contributed by atoms with Crippen LogP contribution in [0, 0.1) is 0 Å². The quantitative estimate of drug-likeness (QED) is 0.821. The fourth-order valence-corrected chi connectivity index (χ4v) is 3.91. The van der Waals surface area contributed by atoms with Gasteiger partial charge in [0.15, 0.2) is 0 Å². The van der Waals surface area contributed by atoms with Crippen molar-refractivity contribution in [2.24, 2.45) is 5.73 Å². The average Bonchev–Trinajstić information content (AvgIpc) is 2.86. The molecule has 0 heterocycles. The standard InChI is InChI=1S/C15H20N2OS2/c1-20-12-9-5-8-11(12)17-15(18)13(14(16)19)10-6-3-2-4-7-10/h2-4,6-7,11-13H,5,8-9H2,1H3,(H2,16,19)(H,17,18). The van der Waals surface area contributed by atoms with Crippen LogP contribution in [0.4, 0.5) is 0 Å². The minimum absolute atomic E-state index is 0.0744. The van der Waals surface area contributed by atoms with Crippen molar-refractivity contribution in [1.29, 1.82) is 0 Å². The number of carbonyl (C=O) groups is 1. The van der Waals surface area contributed by atoms with Gasteiger partial charge in [-0.1, -0.05) is 49.0 Å². The molecule has 1 aliphatic rings. The van der Waals surface area contributed by atoms with E-state index in [1.54, 1.807) is 0 Å². The summed E-state index contributed by atoms with van der Waals surface area (Å²) in [5, 5.41) is 3.63. The number of hydrogen-bond acceptors (Lipinski definition) is 3. The molecular formula is C15H20N2OS2. The van der Waals surface area contributed by atoms with Crippen LogP contribution in [0.25, 0.3) is 0 Å². The molecule has 5 heteroatoms. The number of nitrogens with two attached hydrogens (primary N) is 1. The van der Waals surface area contributed by atoms with Gasteiger partial charge in [-0.3, -0.25) is 4.79 Å². The van der Waals surface area contributed by atoms with Crippen molar-refractivity contribution in [3.05, 3.63) is 35.9 Å². The molecule has 3 unspecified atom stereocenters. The van der Waals surface area contributed by atoms with Gasteiger partial charge in [0.05, 0.1) is 4.99 Å². The molecule has 0 spiro atoms. The first-order valence-corrected chi connectivity index (χ1v) is 8.50. The second-order valence-electron chi connectivity index (χ2n) is 5.07. The summed E-state index contributed by atoms with van der Waals surface area (Å²) in [6.45, 7) is 0. The molecule has 3 N–H and O–H groups in total. The van der Waals surface area contributed by atoms with Crippen molar-refractivity contribution in [2.75, 3.05) is 6.26 Å². The molecule has 1 aromatic carbocycles. The predicted octanol–water partition coefficient (Wildman–Crippen LogP) is 2.46. The number of thiocarbonyl (C=S) groups is 1. The van der Waals surface area contributed by atoms with Crippen LogP contribution in [0.15, 0.2) is 30.3 Å². The first-order valence-electron chi connectivity index (χ1n) is 6.81. The first-order chi connectivity index (χ1) is 9.63. The third kappa shape index (κ3) is 3.52. The van der Waals surface area contributed by atoms with E-state index in [0.29, 0.717) is 5.25 Å². The lowest BCUT2D eigenvalue weighted by Gasteiger charge is -2.23. The topological polar surface area (TPSA) is 55.1 Å². The zero-order valence-electron chi connectivity index (χ0n) is 11.5. The highest BCUT2D eigenvalue weighted by molar-refractivity contribution is 7.99. The van der Waals surface area contributed by atoms with Gasteiger partial charge in [-0.25, -0.2) is 0 Å². The summed E-state index contributed by atoms with van der Waals surface area (Å²) < 4.78 is 0. The van der Waals surface area contributed by atoms with Crippen LogP contribution in [0.2, 0.25) is 0 Å². The minimum Gasteiger partial charge on any atom is -0.392 e. The molecule has 2 rings (SSSR count). The van der Waals surface area contributed by atoms with Crippen LogP contribution >= 0.6 is 24.0 Å². The minimum atomic E-state index is -0.533. The van der Waals surface area contributed by atoms with E-state index in [-0.39, 0.29) is 16.9 Å². The van der Waals surface area contributed by atoms with E-state index in [1.807, 2.05) is 42.1 Å². The highest BCUT2D eigenvalue weighted by atomic mass is 32.2. The Kier molecular flexibility index (Phi) is 5.43. The van der Waals surface area contributed by atoms with Crippen LogP contribution in [-0.2, 0) is 4.79 Å². The smallest absolute Gasteiger partial charge is 0.234 e. The maximum atomic E-state index is 12.5. The predicted molar refractivity (Wildman–Crippen MR) is 89.1 cm³/mol. The lowest BCUT2D eigenvalue weighted by molar-refractivity contribution is -0.121. The summed E-state index contributed by atoms with van der Waals surface area (Å²) in [4.78, 5) is 12.7. The maximum Gasteiger partial charge on any atom is 0.234 e. The number of hydrogen-bond donors (Lipinski definition) is 2. The molecule has 0 aliphatic heterocycles. The Morgan fingerprint density at radius 2 is 2.10 bits per heavy atom. The van der Waals surface area contributed by atoms with Gasteiger partial charge < -0.3 is 11.1 Å². The number of amides is 1. The zero-order chi connectivity index (χ0) is 14.5. The molecule has 3 atom stereocenters. The third-order valence-electron chi connectivity index (χ3n) is 3.76. The summed E-state index contributed by atoms with van der Waals surface area (Å²) in [5.41, 5.74) is 6.63. The van der Waals surface area contributed by atoms with Gasteiger partial charge in [0.25, 0.3) is 0 Å². The molecule has 20 heavy (non-hydrogen) atoms. The van der Waals surface area contributed by atoms with Crippen LogP contribution in [0.1, 0.15) is 30.7 Å². The Labute approximate surface area is 129 Å². The molecule has 0 saturated heterocycles. The largest absolute Gasteiger partial charge is 0.392 e. The number of thioether (sulfide) groups is 1. The number of nitrogens with one attached hydrogen (secondary N) is 1. The van der Waals surface area contributed by atoms with Crippen molar-refractivity contribution in [3.8, 4) is 0 Å². The SMILES string of the molecule is CSC1CCCC1NC(=O)C(C(N)=S)c1ccccc1. The Hall–Kier alpha value is -1.07. The summed E-state index contributed by atoms with van der Waals surface area (Å²) in [7, 11) is 0. The highest BCUT2D eigenvalue weighted by Crippen LogP contribution is 2.29. The van der Waals surface area contributed by atoms with Gasteiger partial charge >= 0.3 is 0 Å². The molecule has 1 aromatic rings. The van der Waals surface area contributed by atoms with E-state index in [1.165, 1.54) is 6.42 Å². The monoisotopic (exact) mass is 308 g/mol. The number of rotatable bonds is 5. The first kappa shape index (κ1) is 15.3. The van der Waals surface area contributed by atoms with E-state index in [9.17, 15) is 4.79 Å². The fraction of sp³-hybridized carbons (Fsp3) is 0.467. The summed E-state index contributed by atoms with van der Waals surface area (Å²) in [6.07, 6.45) is 5.46. The van der Waals surface area contributed by atoms with Gasteiger partial charge in [0.2, 0.25) is 5.91 Å². The number of carbonyl (C=O) groups excluding carboxylic acids is 1. The Bertz CT molecular complexity index is 478. The van der Waals surface area contributed by atoms with Gasteiger partial charge in [0, 0.05) is 11.3 Å². The second kappa shape index (κ2) is 7.09. The van der Waals surface area contributed by atoms with E-state index in [4.69, 9.17) is 18.0 Å². The van der Waals surface area contributed by atoms with Gasteiger partial charge in [-0.15, -0.1) is 0 Å². The van der Waals surface area contributed by atoms with Crippen molar-refractivity contribution in [3.63, 3.8) is 0 Å². The lowest BCUT2D eigenvalue weighted by atomic mass is 9.98. The number of benzene rings is 1. The lowest BCUT2D eigenvalue weighted by Crippen LogP contribution is -2.44. The van der Waals surface area contributed by atoms with E-state index < -0.39 is 5.92 Å². The highest BCUT2D eigenvalue weighted by Gasteiger charge is 2.31. The van der Waals surface area contributed by atoms with Crippen LogP contribution in [0.3, 0.4) is 0 Å². The normalized spacial score (nSPS) is 23.2. The van der Waals surface area contributed by atoms with Gasteiger partial charge in [0.1, 0.15) is 5.92 Å². The van der Waals surface area contributed by atoms with E-state index in [2.05, 4.69) is 11.6 Å². The van der Waals surface area contributed by atoms with Gasteiger partial charge in [-0.2, -0.15) is 11.8 Å².